The first-order valence-corrected chi connectivity index (χ1v) is 8.95. The summed E-state index contributed by atoms with van der Waals surface area (Å²) in [6, 6.07) is 13.0. The van der Waals surface area contributed by atoms with Crippen LogP contribution in [0.1, 0.15) is 28.4 Å². The summed E-state index contributed by atoms with van der Waals surface area (Å²) < 4.78 is 0. The van der Waals surface area contributed by atoms with Crippen molar-refractivity contribution in [3.05, 3.63) is 65.4 Å². The van der Waals surface area contributed by atoms with Crippen LogP contribution in [0.4, 0.5) is 17.5 Å². The predicted octanol–water partition coefficient (Wildman–Crippen LogP) is 2.59. The molecule has 2 heterocycles. The van der Waals surface area contributed by atoms with Crippen LogP contribution < -0.4 is 16.8 Å². The number of rotatable bonds is 4. The third-order valence-electron chi connectivity index (χ3n) is 4.17. The Kier molecular flexibility index (Phi) is 6.02. The maximum absolute atomic E-state index is 11.5. The standard InChI is InChI=1S/C19H16N6O.C2H4O2/c20-18(26)12-3-1-2-11(6-12)15-8-14(7-13-9-22-10-16(13)15)24-17-4-5-23-19(21)25-17;1-2(3)4/h1-9H,10H2,(H2,20,26)(H3,21,23,24,25);1H3,(H,3,4). The van der Waals surface area contributed by atoms with Crippen molar-refractivity contribution in [2.45, 2.75) is 13.5 Å². The molecule has 0 saturated carbocycles. The Morgan fingerprint density at radius 1 is 1.17 bits per heavy atom. The minimum atomic E-state index is -0.833. The van der Waals surface area contributed by atoms with Crippen molar-refractivity contribution in [3.63, 3.8) is 0 Å². The number of nitrogens with zero attached hydrogens (tertiary/aromatic N) is 3. The molecule has 4 rings (SSSR count). The monoisotopic (exact) mass is 404 g/mol. The second-order valence-corrected chi connectivity index (χ2v) is 6.45. The molecule has 9 heteroatoms. The maximum atomic E-state index is 11.5. The van der Waals surface area contributed by atoms with Gasteiger partial charge in [0.05, 0.1) is 6.54 Å². The molecule has 0 aliphatic carbocycles. The van der Waals surface area contributed by atoms with Crippen LogP contribution in [0.25, 0.3) is 11.1 Å². The molecule has 0 bridgehead atoms. The Labute approximate surface area is 172 Å². The summed E-state index contributed by atoms with van der Waals surface area (Å²) in [4.78, 5) is 32.9. The highest BCUT2D eigenvalue weighted by atomic mass is 16.4. The number of anilines is 3. The number of nitrogens with one attached hydrogen (secondary N) is 1. The fraction of sp³-hybridized carbons (Fsp3) is 0.0952. The number of hydrogen-bond acceptors (Lipinski definition) is 7. The van der Waals surface area contributed by atoms with Gasteiger partial charge in [0.1, 0.15) is 5.82 Å². The van der Waals surface area contributed by atoms with Gasteiger partial charge in [0.25, 0.3) is 5.97 Å². The normalized spacial score (nSPS) is 11.2. The summed E-state index contributed by atoms with van der Waals surface area (Å²) in [6.07, 6.45) is 3.44. The smallest absolute Gasteiger partial charge is 0.300 e. The van der Waals surface area contributed by atoms with Crippen LogP contribution in [0.2, 0.25) is 0 Å². The van der Waals surface area contributed by atoms with Gasteiger partial charge in [-0.2, -0.15) is 4.98 Å². The van der Waals surface area contributed by atoms with Gasteiger partial charge in [-0.3, -0.25) is 14.6 Å². The second kappa shape index (κ2) is 8.82. The summed E-state index contributed by atoms with van der Waals surface area (Å²) in [7, 11) is 0. The van der Waals surface area contributed by atoms with Gasteiger partial charge in [-0.25, -0.2) is 4.98 Å². The Bertz CT molecular complexity index is 1140. The lowest BCUT2D eigenvalue weighted by Crippen LogP contribution is -2.10. The number of amides is 1. The van der Waals surface area contributed by atoms with Crippen LogP contribution in [0.15, 0.2) is 53.7 Å². The number of primary amides is 1. The third-order valence-corrected chi connectivity index (χ3v) is 4.17. The molecule has 9 nitrogen and oxygen atoms in total. The molecule has 1 aromatic heterocycles. The van der Waals surface area contributed by atoms with E-state index in [4.69, 9.17) is 21.4 Å². The van der Waals surface area contributed by atoms with Gasteiger partial charge in [-0.05, 0) is 47.0 Å². The van der Waals surface area contributed by atoms with Gasteiger partial charge in [0.2, 0.25) is 11.9 Å². The van der Waals surface area contributed by atoms with Crippen molar-refractivity contribution in [1.82, 2.24) is 9.97 Å². The van der Waals surface area contributed by atoms with Gasteiger partial charge in [0, 0.05) is 36.1 Å². The highest BCUT2D eigenvalue weighted by Crippen LogP contribution is 2.33. The number of carboxylic acid groups (broad SMARTS) is 1. The van der Waals surface area contributed by atoms with Crippen LogP contribution in [-0.4, -0.2) is 33.2 Å². The molecule has 3 aromatic rings. The van der Waals surface area contributed by atoms with Crippen LogP contribution >= 0.6 is 0 Å². The fourth-order valence-electron chi connectivity index (χ4n) is 2.98. The maximum Gasteiger partial charge on any atom is 0.300 e. The molecule has 0 atom stereocenters. The number of carbonyl (C=O) groups is 2. The van der Waals surface area contributed by atoms with E-state index in [1.807, 2.05) is 30.5 Å². The Hall–Kier alpha value is -4.27. The van der Waals surface area contributed by atoms with Gasteiger partial charge in [0.15, 0.2) is 0 Å². The van der Waals surface area contributed by atoms with E-state index in [0.717, 1.165) is 34.9 Å². The zero-order valence-corrected chi connectivity index (χ0v) is 16.2. The Morgan fingerprint density at radius 2 is 1.93 bits per heavy atom. The van der Waals surface area contributed by atoms with Crippen molar-refractivity contribution in [1.29, 1.82) is 0 Å². The molecule has 1 aliphatic heterocycles. The van der Waals surface area contributed by atoms with Crippen molar-refractivity contribution < 1.29 is 14.7 Å². The van der Waals surface area contributed by atoms with Gasteiger partial charge < -0.3 is 21.9 Å². The fourth-order valence-corrected chi connectivity index (χ4v) is 2.98. The van der Waals surface area contributed by atoms with E-state index >= 15 is 0 Å². The largest absolute Gasteiger partial charge is 0.481 e. The van der Waals surface area contributed by atoms with E-state index in [-0.39, 0.29) is 5.95 Å². The van der Waals surface area contributed by atoms with Crippen LogP contribution in [0.3, 0.4) is 0 Å². The summed E-state index contributed by atoms with van der Waals surface area (Å²) in [5.41, 5.74) is 16.4. The molecule has 0 saturated heterocycles. The number of aromatic nitrogens is 2. The molecule has 2 aromatic carbocycles. The van der Waals surface area contributed by atoms with Crippen LogP contribution in [0.5, 0.6) is 0 Å². The molecule has 30 heavy (non-hydrogen) atoms. The van der Waals surface area contributed by atoms with Crippen molar-refractivity contribution in [2.24, 2.45) is 10.7 Å². The van der Waals surface area contributed by atoms with Gasteiger partial charge >= 0.3 is 0 Å². The zero-order chi connectivity index (χ0) is 21.7. The van der Waals surface area contributed by atoms with Crippen LogP contribution in [-0.2, 0) is 11.3 Å². The number of carboxylic acids is 1. The first kappa shape index (κ1) is 20.5. The van der Waals surface area contributed by atoms with Gasteiger partial charge in [-0.1, -0.05) is 12.1 Å². The van der Waals surface area contributed by atoms with E-state index in [9.17, 15) is 4.79 Å². The number of nitrogens with two attached hydrogens (primary N) is 2. The number of benzene rings is 2. The van der Waals surface area contributed by atoms with E-state index in [1.54, 1.807) is 24.4 Å². The first-order chi connectivity index (χ1) is 14.3. The number of aliphatic imine (C=N–C) groups is 1. The molecular formula is C21H20N6O3. The lowest BCUT2D eigenvalue weighted by molar-refractivity contribution is -0.134. The number of nitrogen functional groups attached to an aromatic ring is 1. The average Bonchev–Trinajstić information content (AvgIpc) is 3.15. The molecular weight excluding hydrogens is 384 g/mol. The van der Waals surface area contributed by atoms with Crippen LogP contribution in [0, 0.1) is 0 Å². The summed E-state index contributed by atoms with van der Waals surface area (Å²) in [5.74, 6) is -0.484. The van der Waals surface area contributed by atoms with Crippen molar-refractivity contribution in [2.75, 3.05) is 11.1 Å². The molecule has 152 valence electrons. The lowest BCUT2D eigenvalue weighted by atomic mass is 9.94. The molecule has 0 radical (unpaired) electrons. The highest BCUT2D eigenvalue weighted by Gasteiger charge is 2.16. The van der Waals surface area contributed by atoms with E-state index < -0.39 is 11.9 Å². The average molecular weight is 404 g/mol. The summed E-state index contributed by atoms with van der Waals surface area (Å²) in [6.45, 7) is 1.69. The number of carbonyl (C=O) groups excluding carboxylic acids is 1. The second-order valence-electron chi connectivity index (χ2n) is 6.45. The molecule has 0 fully saturated rings. The number of hydrogen-bond donors (Lipinski definition) is 4. The van der Waals surface area contributed by atoms with E-state index in [0.29, 0.717) is 17.9 Å². The third kappa shape index (κ3) is 4.96. The molecule has 1 aliphatic rings. The minimum Gasteiger partial charge on any atom is -0.481 e. The predicted molar refractivity (Wildman–Crippen MR) is 115 cm³/mol. The zero-order valence-electron chi connectivity index (χ0n) is 16.2. The Balaban J connectivity index is 0.000000589. The Morgan fingerprint density at radius 3 is 2.63 bits per heavy atom. The SMILES string of the molecule is CC(=O)O.NC(=O)c1cccc(-c2cc(Nc3ccnc(N)n3)cc3c2CN=C3)c1. The van der Waals surface area contributed by atoms with E-state index in [1.165, 1.54) is 0 Å². The summed E-state index contributed by atoms with van der Waals surface area (Å²) >= 11 is 0. The minimum absolute atomic E-state index is 0.201. The quantitative estimate of drug-likeness (QED) is 0.520. The molecule has 0 spiro atoms. The van der Waals surface area contributed by atoms with Gasteiger partial charge in [-0.15, -0.1) is 0 Å². The first-order valence-electron chi connectivity index (χ1n) is 8.95. The lowest BCUT2D eigenvalue weighted by Gasteiger charge is -2.13. The number of fused-ring (bicyclic) bond motifs is 1. The summed E-state index contributed by atoms with van der Waals surface area (Å²) in [5, 5.41) is 10.7. The molecule has 6 N–H and O–H groups in total. The van der Waals surface area contributed by atoms with Crippen molar-refractivity contribution >= 4 is 35.5 Å². The molecule has 1 amide bonds. The van der Waals surface area contributed by atoms with Crippen molar-refractivity contribution in [3.8, 4) is 11.1 Å². The number of aliphatic carboxylic acids is 1. The highest BCUT2D eigenvalue weighted by molar-refractivity contribution is 5.96. The van der Waals surface area contributed by atoms with E-state index in [2.05, 4.69) is 20.3 Å². The molecule has 0 unspecified atom stereocenters. The topological polar surface area (TPSA) is 157 Å².